The maximum absolute atomic E-state index is 10.0. The third-order valence-corrected chi connectivity index (χ3v) is 4.81. The predicted octanol–water partition coefficient (Wildman–Crippen LogP) is 2.74. The van der Waals surface area contributed by atoms with E-state index in [0.29, 0.717) is 23.2 Å². The summed E-state index contributed by atoms with van der Waals surface area (Å²) in [4.78, 5) is 4.13. The Hall–Kier alpha value is -3.47. The topological polar surface area (TPSA) is 95.9 Å². The second-order valence-corrected chi connectivity index (χ2v) is 6.52. The molecular weight excluding hydrogens is 374 g/mol. The SMILES string of the molecule is N#C[n+]1c(-c2ccccc2Cl)c(CN)c2ccnn2c1NCc1cccnc1. The van der Waals surface area contributed by atoms with Gasteiger partial charge in [0.2, 0.25) is 0 Å². The average molecular weight is 391 g/mol. The molecule has 0 radical (unpaired) electrons. The molecule has 138 valence electrons. The number of benzene rings is 1. The van der Waals surface area contributed by atoms with Crippen molar-refractivity contribution in [1.29, 1.82) is 5.26 Å². The van der Waals surface area contributed by atoms with Crippen LogP contribution in [0.25, 0.3) is 16.8 Å². The molecule has 3 N–H and O–H groups in total. The van der Waals surface area contributed by atoms with Crippen LogP contribution in [0.3, 0.4) is 0 Å². The summed E-state index contributed by atoms with van der Waals surface area (Å²) in [6.07, 6.45) is 7.42. The van der Waals surface area contributed by atoms with E-state index >= 15 is 0 Å². The van der Waals surface area contributed by atoms with Gasteiger partial charge in [-0.3, -0.25) is 10.3 Å². The minimum absolute atomic E-state index is 0.236. The van der Waals surface area contributed by atoms with Crippen molar-refractivity contribution in [3.63, 3.8) is 0 Å². The van der Waals surface area contributed by atoms with Gasteiger partial charge in [0.15, 0.2) is 0 Å². The fourth-order valence-electron chi connectivity index (χ4n) is 3.23. The molecular formula is C20H17ClN7+. The van der Waals surface area contributed by atoms with Crippen molar-refractivity contribution in [3.8, 4) is 17.5 Å². The minimum atomic E-state index is 0.236. The molecule has 0 spiro atoms. The van der Waals surface area contributed by atoms with Crippen molar-refractivity contribution in [2.24, 2.45) is 5.73 Å². The third-order valence-electron chi connectivity index (χ3n) is 4.48. The smallest absolute Gasteiger partial charge is 0.326 e. The summed E-state index contributed by atoms with van der Waals surface area (Å²) in [6, 6.07) is 13.1. The van der Waals surface area contributed by atoms with E-state index in [1.807, 2.05) is 36.4 Å². The van der Waals surface area contributed by atoms with Crippen LogP contribution in [-0.4, -0.2) is 14.6 Å². The summed E-state index contributed by atoms with van der Waals surface area (Å²) in [7, 11) is 0. The second kappa shape index (κ2) is 7.64. The largest absolute Gasteiger partial charge is 0.354 e. The molecule has 4 rings (SSSR count). The van der Waals surface area contributed by atoms with Crippen molar-refractivity contribution in [3.05, 3.63) is 77.2 Å². The maximum Gasteiger partial charge on any atom is 0.354 e. The Morgan fingerprint density at radius 1 is 1.18 bits per heavy atom. The summed E-state index contributed by atoms with van der Waals surface area (Å²) in [5.74, 6) is 0.512. The minimum Gasteiger partial charge on any atom is -0.326 e. The summed E-state index contributed by atoms with van der Waals surface area (Å²) in [5.41, 5.74) is 10.0. The standard InChI is InChI=1S/C20H16ClN7/c21-17-6-2-1-5-15(17)19-16(10-22)18-7-9-26-28(18)20(27(19)13-23)25-12-14-4-3-8-24-11-14/h1-9,11H,10,12,22H2/p+1. The van der Waals surface area contributed by atoms with Crippen LogP contribution in [0.15, 0.2) is 61.1 Å². The molecule has 3 heterocycles. The number of nitrogens with zero attached hydrogens (tertiary/aromatic N) is 5. The van der Waals surface area contributed by atoms with Gasteiger partial charge in [-0.2, -0.15) is 0 Å². The molecule has 0 aliphatic rings. The van der Waals surface area contributed by atoms with E-state index in [1.165, 1.54) is 4.57 Å². The van der Waals surface area contributed by atoms with Crippen LogP contribution in [-0.2, 0) is 13.1 Å². The monoisotopic (exact) mass is 390 g/mol. The second-order valence-electron chi connectivity index (χ2n) is 6.11. The molecule has 0 aliphatic carbocycles. The number of hydrogen-bond acceptors (Lipinski definition) is 5. The highest BCUT2D eigenvalue weighted by molar-refractivity contribution is 6.33. The Morgan fingerprint density at radius 2 is 2.04 bits per heavy atom. The first-order valence-electron chi connectivity index (χ1n) is 8.67. The van der Waals surface area contributed by atoms with Crippen LogP contribution in [0.1, 0.15) is 11.1 Å². The number of nitriles is 1. The molecule has 0 amide bonds. The lowest BCUT2D eigenvalue weighted by Gasteiger charge is -2.15. The molecule has 0 saturated heterocycles. The number of nitrogens with one attached hydrogen (secondary N) is 1. The number of rotatable bonds is 5. The van der Waals surface area contributed by atoms with Gasteiger partial charge < -0.3 is 5.73 Å². The maximum atomic E-state index is 10.0. The molecule has 1 aromatic carbocycles. The van der Waals surface area contributed by atoms with Gasteiger partial charge in [0, 0.05) is 35.6 Å². The summed E-state index contributed by atoms with van der Waals surface area (Å²) >= 11 is 6.45. The summed E-state index contributed by atoms with van der Waals surface area (Å²) < 4.78 is 3.17. The highest BCUT2D eigenvalue weighted by Gasteiger charge is 2.26. The number of nitrogens with two attached hydrogens (primary N) is 1. The van der Waals surface area contributed by atoms with Gasteiger partial charge in [0.1, 0.15) is 11.2 Å². The van der Waals surface area contributed by atoms with E-state index in [4.69, 9.17) is 17.3 Å². The molecule has 28 heavy (non-hydrogen) atoms. The van der Waals surface area contributed by atoms with Crippen molar-refractivity contribution < 1.29 is 4.57 Å². The molecule has 0 aliphatic heterocycles. The third kappa shape index (κ3) is 3.05. The van der Waals surface area contributed by atoms with Gasteiger partial charge in [0.25, 0.3) is 0 Å². The van der Waals surface area contributed by atoms with Crippen LogP contribution in [0.4, 0.5) is 5.95 Å². The molecule has 8 heteroatoms. The van der Waals surface area contributed by atoms with E-state index in [2.05, 4.69) is 21.6 Å². The van der Waals surface area contributed by atoms with Crippen molar-refractivity contribution in [2.45, 2.75) is 13.1 Å². The average Bonchev–Trinajstić information content (AvgIpc) is 3.22. The lowest BCUT2D eigenvalue weighted by Crippen LogP contribution is -2.39. The Bertz CT molecular complexity index is 1180. The number of halogens is 1. The molecule has 0 saturated carbocycles. The zero-order valence-electron chi connectivity index (χ0n) is 14.9. The summed E-state index contributed by atoms with van der Waals surface area (Å²) in [6.45, 7) is 0.717. The van der Waals surface area contributed by atoms with Gasteiger partial charge >= 0.3 is 12.1 Å². The van der Waals surface area contributed by atoms with Gasteiger partial charge in [-0.05, 0) is 23.5 Å². The van der Waals surface area contributed by atoms with Crippen LogP contribution >= 0.6 is 11.6 Å². The Kier molecular flexibility index (Phi) is 4.89. The molecule has 4 aromatic rings. The van der Waals surface area contributed by atoms with Crippen LogP contribution in [0.5, 0.6) is 0 Å². The molecule has 0 fully saturated rings. The Labute approximate surface area is 166 Å². The van der Waals surface area contributed by atoms with Gasteiger partial charge in [0.05, 0.1) is 17.8 Å². The number of aromatic nitrogens is 4. The first-order valence-corrected chi connectivity index (χ1v) is 9.05. The highest BCUT2D eigenvalue weighted by Crippen LogP contribution is 2.31. The zero-order chi connectivity index (χ0) is 19.5. The van der Waals surface area contributed by atoms with E-state index in [0.717, 1.165) is 22.2 Å². The van der Waals surface area contributed by atoms with Crippen LogP contribution in [0, 0.1) is 11.5 Å². The number of hydrogen-bond donors (Lipinski definition) is 2. The normalized spacial score (nSPS) is 10.8. The molecule has 0 bridgehead atoms. The van der Waals surface area contributed by atoms with Gasteiger partial charge in [-0.1, -0.05) is 35.9 Å². The first-order chi connectivity index (χ1) is 13.7. The van der Waals surface area contributed by atoms with Crippen molar-refractivity contribution in [1.82, 2.24) is 14.6 Å². The summed E-state index contributed by atoms with van der Waals surface area (Å²) in [5, 5.41) is 18.2. The van der Waals surface area contributed by atoms with Gasteiger partial charge in [-0.25, -0.2) is 0 Å². The van der Waals surface area contributed by atoms with E-state index in [1.54, 1.807) is 29.2 Å². The highest BCUT2D eigenvalue weighted by atomic mass is 35.5. The number of fused-ring (bicyclic) bond motifs is 1. The van der Waals surface area contributed by atoms with Crippen LogP contribution < -0.4 is 15.6 Å². The fourth-order valence-corrected chi connectivity index (χ4v) is 3.46. The van der Waals surface area contributed by atoms with E-state index < -0.39 is 0 Å². The first kappa shape index (κ1) is 17.9. The number of pyridine rings is 1. The van der Waals surface area contributed by atoms with Crippen molar-refractivity contribution >= 4 is 23.1 Å². The predicted molar refractivity (Wildman–Crippen MR) is 106 cm³/mol. The van der Waals surface area contributed by atoms with Crippen LogP contribution in [0.2, 0.25) is 5.02 Å². The Morgan fingerprint density at radius 3 is 2.75 bits per heavy atom. The lowest BCUT2D eigenvalue weighted by molar-refractivity contribution is -0.563. The van der Waals surface area contributed by atoms with Gasteiger partial charge in [-0.15, -0.1) is 14.2 Å². The fraction of sp³-hybridized carbons (Fsp3) is 0.100. The molecule has 0 atom stereocenters. The molecule has 0 unspecified atom stereocenters. The van der Waals surface area contributed by atoms with Crippen molar-refractivity contribution in [2.75, 3.05) is 5.32 Å². The van der Waals surface area contributed by atoms with E-state index in [-0.39, 0.29) is 6.54 Å². The number of anilines is 1. The quantitative estimate of drug-likeness (QED) is 0.511. The molecule has 7 nitrogen and oxygen atoms in total. The molecule has 3 aromatic heterocycles. The van der Waals surface area contributed by atoms with E-state index in [9.17, 15) is 5.26 Å². The lowest BCUT2D eigenvalue weighted by atomic mass is 10.0. The Balaban J connectivity index is 1.96. The zero-order valence-corrected chi connectivity index (χ0v) is 15.6.